The molecule has 0 aliphatic carbocycles. The van der Waals surface area contributed by atoms with Gasteiger partial charge in [0.05, 0.1) is 16.8 Å². The first-order valence-electron chi connectivity index (χ1n) is 6.52. The SMILES string of the molecule is CC1c2ccsc2CCN1c1ccc(CN)cc1Cl. The number of hydrogen-bond acceptors (Lipinski definition) is 3. The molecule has 4 heteroatoms. The van der Waals surface area contributed by atoms with Crippen LogP contribution in [0.4, 0.5) is 5.69 Å². The maximum absolute atomic E-state index is 6.41. The molecule has 2 nitrogen and oxygen atoms in total. The molecular formula is C15H17ClN2S. The van der Waals surface area contributed by atoms with E-state index in [0.717, 1.165) is 29.2 Å². The molecule has 0 bridgehead atoms. The summed E-state index contributed by atoms with van der Waals surface area (Å²) in [6.45, 7) is 3.80. The minimum Gasteiger partial charge on any atom is -0.363 e. The highest BCUT2D eigenvalue weighted by atomic mass is 35.5. The van der Waals surface area contributed by atoms with Gasteiger partial charge in [-0.05, 0) is 48.1 Å². The lowest BCUT2D eigenvalue weighted by Crippen LogP contribution is -2.33. The topological polar surface area (TPSA) is 29.3 Å². The average molecular weight is 293 g/mol. The lowest BCUT2D eigenvalue weighted by molar-refractivity contribution is 0.633. The van der Waals surface area contributed by atoms with Gasteiger partial charge < -0.3 is 10.6 Å². The molecule has 0 amide bonds. The largest absolute Gasteiger partial charge is 0.363 e. The average Bonchev–Trinajstić information content (AvgIpc) is 2.89. The van der Waals surface area contributed by atoms with E-state index in [0.29, 0.717) is 12.6 Å². The van der Waals surface area contributed by atoms with Crippen molar-refractivity contribution in [3.05, 3.63) is 50.7 Å². The molecule has 1 atom stereocenters. The van der Waals surface area contributed by atoms with Gasteiger partial charge in [0.2, 0.25) is 0 Å². The third-order valence-corrected chi connectivity index (χ3v) is 5.13. The Kier molecular flexibility index (Phi) is 3.52. The van der Waals surface area contributed by atoms with Crippen molar-refractivity contribution < 1.29 is 0 Å². The molecule has 0 saturated heterocycles. The van der Waals surface area contributed by atoms with Crippen LogP contribution in [0.3, 0.4) is 0 Å². The Morgan fingerprint density at radius 1 is 1.42 bits per heavy atom. The van der Waals surface area contributed by atoms with Crippen molar-refractivity contribution in [1.29, 1.82) is 0 Å². The third kappa shape index (κ3) is 2.27. The van der Waals surface area contributed by atoms with Crippen molar-refractivity contribution in [3.63, 3.8) is 0 Å². The van der Waals surface area contributed by atoms with E-state index in [2.05, 4.69) is 35.4 Å². The number of thiophene rings is 1. The normalized spacial score (nSPS) is 18.5. The summed E-state index contributed by atoms with van der Waals surface area (Å²) in [6.07, 6.45) is 1.10. The molecule has 2 N–H and O–H groups in total. The fourth-order valence-electron chi connectivity index (χ4n) is 2.75. The van der Waals surface area contributed by atoms with E-state index in [1.165, 1.54) is 10.4 Å². The second kappa shape index (κ2) is 5.16. The molecule has 1 unspecified atom stereocenters. The maximum Gasteiger partial charge on any atom is 0.0642 e. The highest BCUT2D eigenvalue weighted by Gasteiger charge is 2.26. The second-order valence-electron chi connectivity index (χ2n) is 4.91. The molecule has 1 aliphatic heterocycles. The first-order valence-corrected chi connectivity index (χ1v) is 7.78. The summed E-state index contributed by atoms with van der Waals surface area (Å²) in [5.41, 5.74) is 9.29. The third-order valence-electron chi connectivity index (χ3n) is 3.83. The number of anilines is 1. The highest BCUT2D eigenvalue weighted by Crippen LogP contribution is 2.38. The van der Waals surface area contributed by atoms with Crippen LogP contribution in [0.1, 0.15) is 29.0 Å². The molecule has 0 spiro atoms. The lowest BCUT2D eigenvalue weighted by atomic mass is 10.0. The van der Waals surface area contributed by atoms with Crippen LogP contribution >= 0.6 is 22.9 Å². The molecule has 19 heavy (non-hydrogen) atoms. The predicted molar refractivity (Wildman–Crippen MR) is 83.1 cm³/mol. The second-order valence-corrected chi connectivity index (χ2v) is 6.32. The first kappa shape index (κ1) is 13.0. The smallest absolute Gasteiger partial charge is 0.0642 e. The van der Waals surface area contributed by atoms with Gasteiger partial charge in [0, 0.05) is 18.0 Å². The van der Waals surface area contributed by atoms with Crippen LogP contribution in [0.15, 0.2) is 29.6 Å². The van der Waals surface area contributed by atoms with Crippen LogP contribution in [0.5, 0.6) is 0 Å². The predicted octanol–water partition coefficient (Wildman–Crippen LogP) is 3.98. The molecule has 0 radical (unpaired) electrons. The van der Waals surface area contributed by atoms with Crippen LogP contribution in [-0.2, 0) is 13.0 Å². The van der Waals surface area contributed by atoms with Crippen molar-refractivity contribution in [2.45, 2.75) is 25.9 Å². The van der Waals surface area contributed by atoms with E-state index in [1.54, 1.807) is 0 Å². The van der Waals surface area contributed by atoms with E-state index in [1.807, 2.05) is 17.4 Å². The summed E-state index contributed by atoms with van der Waals surface area (Å²) in [5.74, 6) is 0. The summed E-state index contributed by atoms with van der Waals surface area (Å²) >= 11 is 8.27. The number of benzene rings is 1. The minimum atomic E-state index is 0.385. The summed E-state index contributed by atoms with van der Waals surface area (Å²) in [5, 5.41) is 2.98. The summed E-state index contributed by atoms with van der Waals surface area (Å²) < 4.78 is 0. The quantitative estimate of drug-likeness (QED) is 0.907. The van der Waals surface area contributed by atoms with E-state index in [9.17, 15) is 0 Å². The Bertz CT molecular complexity index is 594. The van der Waals surface area contributed by atoms with Gasteiger partial charge in [-0.25, -0.2) is 0 Å². The van der Waals surface area contributed by atoms with Crippen LogP contribution in [0, 0.1) is 0 Å². The molecule has 1 aliphatic rings. The van der Waals surface area contributed by atoms with E-state index in [-0.39, 0.29) is 0 Å². The Balaban J connectivity index is 1.95. The van der Waals surface area contributed by atoms with Crippen molar-refractivity contribution in [3.8, 4) is 0 Å². The van der Waals surface area contributed by atoms with Crippen LogP contribution in [0.25, 0.3) is 0 Å². The van der Waals surface area contributed by atoms with Crippen molar-refractivity contribution in [2.75, 3.05) is 11.4 Å². The van der Waals surface area contributed by atoms with E-state index < -0.39 is 0 Å². The molecular weight excluding hydrogens is 276 g/mol. The number of fused-ring (bicyclic) bond motifs is 1. The number of halogens is 1. The monoisotopic (exact) mass is 292 g/mol. The van der Waals surface area contributed by atoms with Crippen LogP contribution in [-0.4, -0.2) is 6.54 Å². The molecule has 1 aromatic carbocycles. The molecule has 0 saturated carbocycles. The lowest BCUT2D eigenvalue weighted by Gasteiger charge is -2.36. The Morgan fingerprint density at radius 3 is 3.00 bits per heavy atom. The van der Waals surface area contributed by atoms with Crippen LogP contribution < -0.4 is 10.6 Å². The molecule has 100 valence electrons. The number of rotatable bonds is 2. The number of hydrogen-bond donors (Lipinski definition) is 1. The molecule has 3 rings (SSSR count). The van der Waals surface area contributed by atoms with Gasteiger partial charge in [-0.15, -0.1) is 11.3 Å². The zero-order valence-electron chi connectivity index (χ0n) is 10.9. The number of nitrogens with two attached hydrogens (primary N) is 1. The standard InChI is InChI=1S/C15H17ClN2S/c1-10-12-5-7-19-15(12)4-6-18(10)14-3-2-11(9-17)8-13(14)16/h2-3,5,7-8,10H,4,6,9,17H2,1H3. The fourth-order valence-corrected chi connectivity index (χ4v) is 4.02. The maximum atomic E-state index is 6.41. The summed E-state index contributed by atoms with van der Waals surface area (Å²) in [6, 6.07) is 8.76. The summed E-state index contributed by atoms with van der Waals surface area (Å²) in [7, 11) is 0. The van der Waals surface area contributed by atoms with Crippen LogP contribution in [0.2, 0.25) is 5.02 Å². The van der Waals surface area contributed by atoms with Crippen molar-refractivity contribution in [1.82, 2.24) is 0 Å². The van der Waals surface area contributed by atoms with Gasteiger partial charge in [-0.2, -0.15) is 0 Å². The van der Waals surface area contributed by atoms with Gasteiger partial charge in [0.1, 0.15) is 0 Å². The fraction of sp³-hybridized carbons (Fsp3) is 0.333. The highest BCUT2D eigenvalue weighted by molar-refractivity contribution is 7.10. The molecule has 2 heterocycles. The van der Waals surface area contributed by atoms with E-state index in [4.69, 9.17) is 17.3 Å². The Hall–Kier alpha value is -1.03. The van der Waals surface area contributed by atoms with Gasteiger partial charge in [-0.3, -0.25) is 0 Å². The van der Waals surface area contributed by atoms with Gasteiger partial charge in [0.25, 0.3) is 0 Å². The zero-order valence-corrected chi connectivity index (χ0v) is 12.5. The van der Waals surface area contributed by atoms with Crippen molar-refractivity contribution in [2.24, 2.45) is 5.73 Å². The number of nitrogens with zero attached hydrogens (tertiary/aromatic N) is 1. The van der Waals surface area contributed by atoms with Crippen molar-refractivity contribution >= 4 is 28.6 Å². The van der Waals surface area contributed by atoms with Gasteiger partial charge in [-0.1, -0.05) is 17.7 Å². The zero-order chi connectivity index (χ0) is 13.4. The molecule has 1 aromatic heterocycles. The van der Waals surface area contributed by atoms with Gasteiger partial charge in [0.15, 0.2) is 0 Å². The Labute approximate surface area is 122 Å². The molecule has 0 fully saturated rings. The van der Waals surface area contributed by atoms with E-state index >= 15 is 0 Å². The molecule has 2 aromatic rings. The minimum absolute atomic E-state index is 0.385. The first-order chi connectivity index (χ1) is 9.20. The summed E-state index contributed by atoms with van der Waals surface area (Å²) in [4.78, 5) is 3.90. The van der Waals surface area contributed by atoms with Gasteiger partial charge >= 0.3 is 0 Å². The Morgan fingerprint density at radius 2 is 2.26 bits per heavy atom.